The van der Waals surface area contributed by atoms with Crippen LogP contribution < -0.4 is 5.32 Å². The number of hydrogen-bond donors (Lipinski definition) is 3. The predicted molar refractivity (Wildman–Crippen MR) is 65.8 cm³/mol. The Bertz CT molecular complexity index is 211. The van der Waals surface area contributed by atoms with Gasteiger partial charge in [-0.25, -0.2) is 0 Å². The molecule has 0 rings (SSSR count). The van der Waals surface area contributed by atoms with Gasteiger partial charge in [-0.3, -0.25) is 9.59 Å². The summed E-state index contributed by atoms with van der Waals surface area (Å²) in [5.41, 5.74) is 0. The van der Waals surface area contributed by atoms with Gasteiger partial charge in [0.05, 0.1) is 0 Å². The zero-order valence-electron chi connectivity index (χ0n) is 9.03. The fourth-order valence-corrected chi connectivity index (χ4v) is 1.23. The first-order valence-corrected chi connectivity index (χ1v) is 5.26. The second-order valence-corrected chi connectivity index (χ2v) is 3.48. The van der Waals surface area contributed by atoms with Crippen LogP contribution in [-0.4, -0.2) is 52.1 Å². The molecule has 0 heterocycles. The van der Waals surface area contributed by atoms with Crippen molar-refractivity contribution in [3.63, 3.8) is 0 Å². The summed E-state index contributed by atoms with van der Waals surface area (Å²) in [6.45, 7) is 2.70. The van der Waals surface area contributed by atoms with Gasteiger partial charge < -0.3 is 15.5 Å². The third-order valence-electron chi connectivity index (χ3n) is 2.12. The molecular weight excluding hydrogens is 225 g/mol. The van der Waals surface area contributed by atoms with E-state index >= 15 is 0 Å². The molecule has 0 aliphatic carbocycles. The molecule has 0 bridgehead atoms. The Morgan fingerprint density at radius 1 is 1.25 bits per heavy atom. The second-order valence-electron chi connectivity index (χ2n) is 3.48. The van der Waals surface area contributed by atoms with Crippen molar-refractivity contribution in [3.8, 4) is 0 Å². The highest BCUT2D eigenvalue weighted by atomic mass is 27.0. The summed E-state index contributed by atoms with van der Waals surface area (Å²) in [6, 6.07) is -0.738. The molecule has 0 aromatic carbocycles. The fraction of sp³-hybridized carbons (Fsp3) is 0.800. The van der Waals surface area contributed by atoms with E-state index in [4.69, 9.17) is 10.2 Å². The predicted octanol–water partition coefficient (Wildman–Crippen LogP) is -0.0997. The molecule has 3 N–H and O–H groups in total. The van der Waals surface area contributed by atoms with Gasteiger partial charge in [0.15, 0.2) is 17.4 Å². The van der Waals surface area contributed by atoms with Crippen molar-refractivity contribution in [2.24, 2.45) is 0 Å². The first-order chi connectivity index (χ1) is 7.07. The number of hydrogen-bond acceptors (Lipinski definition) is 3. The Morgan fingerprint density at radius 2 is 1.88 bits per heavy atom. The molecule has 6 heteroatoms. The Kier molecular flexibility index (Phi) is 12.2. The SMILES string of the molecule is CCCCCN[C@H](CCC(=O)O)C(=O)O.[AlH3]. The molecule has 0 spiro atoms. The summed E-state index contributed by atoms with van der Waals surface area (Å²) in [5.74, 6) is -1.94. The lowest BCUT2D eigenvalue weighted by Gasteiger charge is -2.12. The van der Waals surface area contributed by atoms with Crippen molar-refractivity contribution in [1.82, 2.24) is 5.32 Å². The highest BCUT2D eigenvalue weighted by Gasteiger charge is 2.17. The molecule has 0 radical (unpaired) electrons. The molecule has 0 aromatic heterocycles. The van der Waals surface area contributed by atoms with Crippen molar-refractivity contribution >= 4 is 29.3 Å². The lowest BCUT2D eigenvalue weighted by atomic mass is 10.1. The van der Waals surface area contributed by atoms with Gasteiger partial charge in [-0.1, -0.05) is 19.8 Å². The van der Waals surface area contributed by atoms with E-state index < -0.39 is 18.0 Å². The molecule has 0 unspecified atom stereocenters. The van der Waals surface area contributed by atoms with Crippen LogP contribution >= 0.6 is 0 Å². The van der Waals surface area contributed by atoms with Crippen LogP contribution in [0, 0.1) is 0 Å². The van der Waals surface area contributed by atoms with Crippen molar-refractivity contribution in [3.05, 3.63) is 0 Å². The smallest absolute Gasteiger partial charge is 0.320 e. The monoisotopic (exact) mass is 247 g/mol. The molecule has 0 saturated heterocycles. The van der Waals surface area contributed by atoms with E-state index in [1.165, 1.54) is 0 Å². The first-order valence-electron chi connectivity index (χ1n) is 5.26. The van der Waals surface area contributed by atoms with E-state index in [0.29, 0.717) is 6.54 Å². The maximum atomic E-state index is 10.7. The molecule has 1 atom stereocenters. The second kappa shape index (κ2) is 10.9. The van der Waals surface area contributed by atoms with Crippen LogP contribution in [0.15, 0.2) is 0 Å². The van der Waals surface area contributed by atoms with Crippen LogP contribution in [0.3, 0.4) is 0 Å². The zero-order chi connectivity index (χ0) is 11.7. The Hall–Kier alpha value is -0.568. The van der Waals surface area contributed by atoms with E-state index in [0.717, 1.165) is 19.3 Å². The van der Waals surface area contributed by atoms with Crippen LogP contribution in [0.2, 0.25) is 0 Å². The van der Waals surface area contributed by atoms with Crippen molar-refractivity contribution in [2.45, 2.75) is 45.1 Å². The average molecular weight is 247 g/mol. The van der Waals surface area contributed by atoms with Gasteiger partial charge in [0.2, 0.25) is 0 Å². The number of carboxylic acids is 2. The van der Waals surface area contributed by atoms with Gasteiger partial charge in [0, 0.05) is 6.42 Å². The van der Waals surface area contributed by atoms with Crippen LogP contribution in [0.25, 0.3) is 0 Å². The van der Waals surface area contributed by atoms with Crippen LogP contribution in [0.1, 0.15) is 39.0 Å². The van der Waals surface area contributed by atoms with Gasteiger partial charge in [-0.15, -0.1) is 0 Å². The topological polar surface area (TPSA) is 86.6 Å². The lowest BCUT2D eigenvalue weighted by Crippen LogP contribution is -2.37. The Balaban J connectivity index is 0. The minimum absolute atomic E-state index is 0. The van der Waals surface area contributed by atoms with E-state index in [2.05, 4.69) is 12.2 Å². The quantitative estimate of drug-likeness (QED) is 0.391. The molecule has 0 saturated carbocycles. The summed E-state index contributed by atoms with van der Waals surface area (Å²) in [7, 11) is 0. The zero-order valence-corrected chi connectivity index (χ0v) is 9.03. The summed E-state index contributed by atoms with van der Waals surface area (Å²) < 4.78 is 0. The lowest BCUT2D eigenvalue weighted by molar-refractivity contribution is -0.140. The highest BCUT2D eigenvalue weighted by Crippen LogP contribution is 1.99. The summed E-state index contributed by atoms with van der Waals surface area (Å²) in [6.07, 6.45) is 3.08. The summed E-state index contributed by atoms with van der Waals surface area (Å²) in [5, 5.41) is 20.1. The molecule has 16 heavy (non-hydrogen) atoms. The van der Waals surface area contributed by atoms with Crippen LogP contribution in [-0.2, 0) is 9.59 Å². The minimum atomic E-state index is -0.979. The van der Waals surface area contributed by atoms with E-state index in [-0.39, 0.29) is 30.2 Å². The highest BCUT2D eigenvalue weighted by molar-refractivity contribution is 5.75. The number of aliphatic carboxylic acids is 2. The van der Waals surface area contributed by atoms with Gasteiger partial charge in [0.25, 0.3) is 0 Å². The number of nitrogens with one attached hydrogen (secondary N) is 1. The fourth-order valence-electron chi connectivity index (χ4n) is 1.23. The van der Waals surface area contributed by atoms with Gasteiger partial charge in [0.1, 0.15) is 6.04 Å². The normalized spacial score (nSPS) is 11.6. The average Bonchev–Trinajstić information content (AvgIpc) is 2.15. The number of carboxylic acid groups (broad SMARTS) is 2. The Morgan fingerprint density at radius 3 is 2.31 bits per heavy atom. The summed E-state index contributed by atoms with van der Waals surface area (Å²) in [4.78, 5) is 21.0. The van der Waals surface area contributed by atoms with Gasteiger partial charge in [-0.05, 0) is 19.4 Å². The van der Waals surface area contributed by atoms with Crippen molar-refractivity contribution in [1.29, 1.82) is 0 Å². The molecule has 5 nitrogen and oxygen atoms in total. The van der Waals surface area contributed by atoms with Gasteiger partial charge >= 0.3 is 11.9 Å². The molecule has 0 aliphatic rings. The summed E-state index contributed by atoms with van der Waals surface area (Å²) >= 11 is 0. The number of unbranched alkanes of at least 4 members (excludes halogenated alkanes) is 2. The Labute approximate surface area is 106 Å². The molecule has 0 fully saturated rings. The van der Waals surface area contributed by atoms with Gasteiger partial charge in [-0.2, -0.15) is 0 Å². The van der Waals surface area contributed by atoms with Crippen molar-refractivity contribution < 1.29 is 19.8 Å². The maximum absolute atomic E-state index is 10.7. The molecular formula is C10H22AlNO4. The van der Waals surface area contributed by atoms with E-state index in [1.54, 1.807) is 0 Å². The largest absolute Gasteiger partial charge is 0.481 e. The first kappa shape index (κ1) is 17.8. The minimum Gasteiger partial charge on any atom is -0.481 e. The molecule has 0 aliphatic heterocycles. The van der Waals surface area contributed by atoms with Crippen LogP contribution in [0.4, 0.5) is 0 Å². The third-order valence-corrected chi connectivity index (χ3v) is 2.12. The standard InChI is InChI=1S/C10H19NO4.Al.3H/c1-2-3-4-7-11-8(10(14)15)5-6-9(12)13;;;;/h8,11H,2-7H2,1H3,(H,12,13)(H,14,15);;;;/t8-;;;;/m1..../s1. The maximum Gasteiger partial charge on any atom is 0.320 e. The number of rotatable bonds is 9. The van der Waals surface area contributed by atoms with E-state index in [1.807, 2.05) is 0 Å². The molecule has 0 aromatic rings. The number of carbonyl (C=O) groups is 2. The third kappa shape index (κ3) is 9.97. The van der Waals surface area contributed by atoms with E-state index in [9.17, 15) is 9.59 Å². The van der Waals surface area contributed by atoms with Crippen molar-refractivity contribution in [2.75, 3.05) is 6.54 Å². The van der Waals surface area contributed by atoms with Crippen LogP contribution in [0.5, 0.6) is 0 Å². The molecule has 94 valence electrons. The molecule has 0 amide bonds.